The van der Waals surface area contributed by atoms with E-state index in [-0.39, 0.29) is 11.9 Å². The minimum absolute atomic E-state index is 0.167. The summed E-state index contributed by atoms with van der Waals surface area (Å²) in [6, 6.07) is 4.86. The summed E-state index contributed by atoms with van der Waals surface area (Å²) in [5.74, 6) is 0.660. The Balaban J connectivity index is 1.94. The minimum Gasteiger partial charge on any atom is -0.497 e. The van der Waals surface area contributed by atoms with E-state index in [1.165, 1.54) is 26.0 Å². The van der Waals surface area contributed by atoms with Crippen molar-refractivity contribution in [1.29, 1.82) is 0 Å². The lowest BCUT2D eigenvalue weighted by atomic mass is 9.86. The fourth-order valence-corrected chi connectivity index (χ4v) is 2.63. The Bertz CT molecular complexity index is 411. The quantitative estimate of drug-likeness (QED) is 0.892. The van der Waals surface area contributed by atoms with E-state index < -0.39 is 0 Å². The zero-order valence-corrected chi connectivity index (χ0v) is 11.4. The minimum atomic E-state index is -0.278. The number of nitrogens with two attached hydrogens (primary N) is 1. The van der Waals surface area contributed by atoms with Crippen LogP contribution in [0.4, 0.5) is 4.39 Å². The van der Waals surface area contributed by atoms with Gasteiger partial charge in [0, 0.05) is 11.6 Å². The van der Waals surface area contributed by atoms with Gasteiger partial charge in [0.15, 0.2) is 0 Å². The third-order valence-corrected chi connectivity index (χ3v) is 3.86. The summed E-state index contributed by atoms with van der Waals surface area (Å²) in [7, 11) is 1.53. The van der Waals surface area contributed by atoms with Gasteiger partial charge in [0.25, 0.3) is 0 Å². The van der Waals surface area contributed by atoms with Crippen molar-refractivity contribution in [3.63, 3.8) is 0 Å². The summed E-state index contributed by atoms with van der Waals surface area (Å²) in [6.07, 6.45) is 4.71. The van der Waals surface area contributed by atoms with Crippen LogP contribution in [0.5, 0.6) is 5.75 Å². The predicted octanol–water partition coefficient (Wildman–Crippen LogP) is 2.87. The molecule has 3 nitrogen and oxygen atoms in total. The third-order valence-electron chi connectivity index (χ3n) is 3.86. The Morgan fingerprint density at radius 1 is 1.32 bits per heavy atom. The highest BCUT2D eigenvalue weighted by Gasteiger charge is 2.24. The van der Waals surface area contributed by atoms with Gasteiger partial charge in [-0.2, -0.15) is 0 Å². The Labute approximate surface area is 113 Å². The van der Waals surface area contributed by atoms with Crippen molar-refractivity contribution in [3.8, 4) is 5.75 Å². The van der Waals surface area contributed by atoms with Crippen LogP contribution in [0.25, 0.3) is 0 Å². The monoisotopic (exact) mass is 267 g/mol. The van der Waals surface area contributed by atoms with Crippen molar-refractivity contribution < 1.29 is 13.9 Å². The number of hydrogen-bond donors (Lipinski definition) is 1. The molecule has 2 atom stereocenters. The fourth-order valence-electron chi connectivity index (χ4n) is 2.63. The molecule has 4 heteroatoms. The molecule has 1 aliphatic rings. The fraction of sp³-hybridized carbons (Fsp3) is 0.600. The third kappa shape index (κ3) is 3.67. The first-order valence-electron chi connectivity index (χ1n) is 6.88. The van der Waals surface area contributed by atoms with E-state index in [9.17, 15) is 4.39 Å². The molecule has 2 rings (SSSR count). The SMILES string of the molecule is COc1ccc(COC2CCCCC2CN)c(F)c1. The Hall–Kier alpha value is -1.13. The maximum atomic E-state index is 13.8. The Morgan fingerprint density at radius 2 is 2.11 bits per heavy atom. The molecule has 0 spiro atoms. The normalized spacial score (nSPS) is 23.3. The van der Waals surface area contributed by atoms with E-state index >= 15 is 0 Å². The number of ether oxygens (including phenoxy) is 2. The van der Waals surface area contributed by atoms with Crippen molar-refractivity contribution >= 4 is 0 Å². The number of benzene rings is 1. The molecule has 106 valence electrons. The molecule has 0 amide bonds. The molecule has 0 aromatic heterocycles. The van der Waals surface area contributed by atoms with Gasteiger partial charge in [0.1, 0.15) is 11.6 Å². The lowest BCUT2D eigenvalue weighted by Gasteiger charge is -2.30. The lowest BCUT2D eigenvalue weighted by molar-refractivity contribution is -0.0193. The van der Waals surface area contributed by atoms with Crippen LogP contribution in [0.3, 0.4) is 0 Å². The van der Waals surface area contributed by atoms with Gasteiger partial charge in [0.05, 0.1) is 19.8 Å². The summed E-state index contributed by atoms with van der Waals surface area (Å²) in [4.78, 5) is 0. The zero-order chi connectivity index (χ0) is 13.7. The number of rotatable bonds is 5. The summed E-state index contributed by atoms with van der Waals surface area (Å²) in [5, 5.41) is 0. The maximum absolute atomic E-state index is 13.8. The van der Waals surface area contributed by atoms with E-state index in [0.29, 0.717) is 30.4 Å². The standard InChI is InChI=1S/C15H22FNO2/c1-18-13-7-6-12(14(16)8-13)10-19-15-5-3-2-4-11(15)9-17/h6-8,11,15H,2-5,9-10,17H2,1H3. The Morgan fingerprint density at radius 3 is 2.79 bits per heavy atom. The van der Waals surface area contributed by atoms with Crippen LogP contribution in [0.15, 0.2) is 18.2 Å². The molecule has 0 radical (unpaired) electrons. The van der Waals surface area contributed by atoms with Crippen molar-refractivity contribution in [3.05, 3.63) is 29.6 Å². The molecule has 1 saturated carbocycles. The molecule has 1 aromatic rings. The van der Waals surface area contributed by atoms with E-state index in [0.717, 1.165) is 12.8 Å². The van der Waals surface area contributed by atoms with Gasteiger partial charge in [0.2, 0.25) is 0 Å². The molecular formula is C15H22FNO2. The molecule has 0 aliphatic heterocycles. The van der Waals surface area contributed by atoms with Gasteiger partial charge in [-0.05, 0) is 31.4 Å². The van der Waals surface area contributed by atoms with Crippen LogP contribution in [0.1, 0.15) is 31.2 Å². The smallest absolute Gasteiger partial charge is 0.132 e. The molecule has 1 fully saturated rings. The van der Waals surface area contributed by atoms with Crippen molar-refractivity contribution in [2.45, 2.75) is 38.4 Å². The second kappa shape index (κ2) is 6.87. The van der Waals surface area contributed by atoms with Gasteiger partial charge in [-0.3, -0.25) is 0 Å². The van der Waals surface area contributed by atoms with Crippen LogP contribution in [0, 0.1) is 11.7 Å². The van der Waals surface area contributed by atoms with E-state index in [4.69, 9.17) is 15.2 Å². The first-order valence-corrected chi connectivity index (χ1v) is 6.88. The summed E-state index contributed by atoms with van der Waals surface area (Å²) in [6.45, 7) is 0.951. The van der Waals surface area contributed by atoms with Crippen molar-refractivity contribution in [1.82, 2.24) is 0 Å². The number of hydrogen-bond acceptors (Lipinski definition) is 3. The second-order valence-electron chi connectivity index (χ2n) is 5.09. The molecule has 1 aromatic carbocycles. The van der Waals surface area contributed by atoms with E-state index in [1.807, 2.05) is 0 Å². The average molecular weight is 267 g/mol. The molecule has 0 heterocycles. The van der Waals surface area contributed by atoms with Crippen LogP contribution < -0.4 is 10.5 Å². The number of halogens is 1. The van der Waals surface area contributed by atoms with E-state index in [1.54, 1.807) is 12.1 Å². The van der Waals surface area contributed by atoms with Crippen LogP contribution in [0.2, 0.25) is 0 Å². The first kappa shape index (κ1) is 14.3. The highest BCUT2D eigenvalue weighted by atomic mass is 19.1. The van der Waals surface area contributed by atoms with Crippen LogP contribution in [-0.2, 0) is 11.3 Å². The van der Waals surface area contributed by atoms with Gasteiger partial charge in [-0.1, -0.05) is 18.9 Å². The van der Waals surface area contributed by atoms with Crippen LogP contribution in [-0.4, -0.2) is 19.8 Å². The Kier molecular flexibility index (Phi) is 5.16. The van der Waals surface area contributed by atoms with E-state index in [2.05, 4.69) is 0 Å². The second-order valence-corrected chi connectivity index (χ2v) is 5.09. The van der Waals surface area contributed by atoms with Gasteiger partial charge in [-0.15, -0.1) is 0 Å². The summed E-state index contributed by atoms with van der Waals surface area (Å²) >= 11 is 0. The highest BCUT2D eigenvalue weighted by Crippen LogP contribution is 2.27. The van der Waals surface area contributed by atoms with Gasteiger partial charge < -0.3 is 15.2 Å². The predicted molar refractivity (Wildman–Crippen MR) is 72.5 cm³/mol. The molecule has 0 saturated heterocycles. The molecule has 0 bridgehead atoms. The summed E-state index contributed by atoms with van der Waals surface area (Å²) < 4.78 is 24.6. The van der Waals surface area contributed by atoms with Gasteiger partial charge >= 0.3 is 0 Å². The maximum Gasteiger partial charge on any atom is 0.132 e. The van der Waals surface area contributed by atoms with Crippen molar-refractivity contribution in [2.75, 3.05) is 13.7 Å². The molecule has 1 aliphatic carbocycles. The molecule has 2 unspecified atom stereocenters. The first-order chi connectivity index (χ1) is 9.24. The van der Waals surface area contributed by atoms with Crippen LogP contribution >= 0.6 is 0 Å². The zero-order valence-electron chi connectivity index (χ0n) is 11.4. The largest absolute Gasteiger partial charge is 0.497 e. The lowest BCUT2D eigenvalue weighted by Crippen LogP contribution is -2.33. The number of methoxy groups -OCH3 is 1. The average Bonchev–Trinajstić information content (AvgIpc) is 2.46. The topological polar surface area (TPSA) is 44.5 Å². The molecule has 2 N–H and O–H groups in total. The summed E-state index contributed by atoms with van der Waals surface area (Å²) in [5.41, 5.74) is 6.33. The molecular weight excluding hydrogens is 245 g/mol. The van der Waals surface area contributed by atoms with Crippen molar-refractivity contribution in [2.24, 2.45) is 11.7 Å². The van der Waals surface area contributed by atoms with Gasteiger partial charge in [-0.25, -0.2) is 4.39 Å². The highest BCUT2D eigenvalue weighted by molar-refractivity contribution is 5.28. The molecule has 19 heavy (non-hydrogen) atoms.